The summed E-state index contributed by atoms with van der Waals surface area (Å²) in [7, 11) is 0. The highest BCUT2D eigenvalue weighted by Crippen LogP contribution is 2.38. The van der Waals surface area contributed by atoms with Crippen molar-refractivity contribution in [3.05, 3.63) is 52.0 Å². The maximum absolute atomic E-state index is 13.9. The summed E-state index contributed by atoms with van der Waals surface area (Å²) in [5.74, 6) is -1.37. The number of benzene rings is 2. The average Bonchev–Trinajstić information content (AvgIpc) is 2.74. The van der Waals surface area contributed by atoms with Crippen LogP contribution in [0.15, 0.2) is 34.8 Å². The zero-order chi connectivity index (χ0) is 21.3. The molecular formula is C21H19BrF2N2O4. The lowest BCUT2D eigenvalue weighted by Gasteiger charge is -2.31. The molecule has 158 valence electrons. The van der Waals surface area contributed by atoms with Gasteiger partial charge in [-0.15, -0.1) is 0 Å². The van der Waals surface area contributed by atoms with E-state index < -0.39 is 17.5 Å². The van der Waals surface area contributed by atoms with Gasteiger partial charge in [0.1, 0.15) is 24.8 Å². The molecule has 0 saturated carbocycles. The quantitative estimate of drug-likeness (QED) is 0.720. The largest absolute Gasteiger partial charge is 0.486 e. The van der Waals surface area contributed by atoms with Gasteiger partial charge in [-0.05, 0) is 40.9 Å². The summed E-state index contributed by atoms with van der Waals surface area (Å²) < 4.78 is 38.7. The molecule has 0 spiro atoms. The Morgan fingerprint density at radius 3 is 2.37 bits per heavy atom. The van der Waals surface area contributed by atoms with Gasteiger partial charge in [-0.25, -0.2) is 8.78 Å². The minimum Gasteiger partial charge on any atom is -0.486 e. The number of hydrogen-bond acceptors (Lipinski definition) is 4. The zero-order valence-electron chi connectivity index (χ0n) is 15.9. The Kier molecular flexibility index (Phi) is 5.90. The number of rotatable bonds is 3. The van der Waals surface area contributed by atoms with Gasteiger partial charge in [0, 0.05) is 41.7 Å². The van der Waals surface area contributed by atoms with Crippen molar-refractivity contribution in [2.75, 3.05) is 31.6 Å². The summed E-state index contributed by atoms with van der Waals surface area (Å²) in [4.78, 5) is 26.7. The molecule has 0 unspecified atom stereocenters. The third kappa shape index (κ3) is 4.26. The molecule has 6 nitrogen and oxygen atoms in total. The van der Waals surface area contributed by atoms with Crippen LogP contribution < -0.4 is 14.8 Å². The van der Waals surface area contributed by atoms with Gasteiger partial charge in [0.05, 0.1) is 11.3 Å². The molecule has 1 N–H and O–H groups in total. The summed E-state index contributed by atoms with van der Waals surface area (Å²) in [6.07, 6.45) is 0.894. The van der Waals surface area contributed by atoms with E-state index in [4.69, 9.17) is 9.47 Å². The van der Waals surface area contributed by atoms with Gasteiger partial charge < -0.3 is 19.7 Å². The molecule has 0 aliphatic carbocycles. The minimum atomic E-state index is -0.886. The van der Waals surface area contributed by atoms with Gasteiger partial charge in [0.25, 0.3) is 5.91 Å². The molecule has 9 heteroatoms. The second-order valence-corrected chi connectivity index (χ2v) is 8.01. The fraction of sp³-hybridized carbons (Fsp3) is 0.333. The number of carbonyl (C=O) groups is 2. The molecule has 2 aromatic carbocycles. The number of piperidine rings is 1. The Bertz CT molecular complexity index is 993. The van der Waals surface area contributed by atoms with Gasteiger partial charge in [-0.3, -0.25) is 9.59 Å². The van der Waals surface area contributed by atoms with E-state index in [0.717, 1.165) is 12.1 Å². The Hall–Kier alpha value is -2.68. The molecule has 0 bridgehead atoms. The number of amides is 2. The molecule has 2 heterocycles. The third-order valence-corrected chi connectivity index (χ3v) is 5.86. The maximum atomic E-state index is 13.9. The summed E-state index contributed by atoms with van der Waals surface area (Å²) >= 11 is 3.43. The van der Waals surface area contributed by atoms with Crippen molar-refractivity contribution >= 4 is 33.4 Å². The van der Waals surface area contributed by atoms with E-state index in [1.165, 1.54) is 4.90 Å². The predicted octanol–water partition coefficient (Wildman–Crippen LogP) is 3.99. The molecular weight excluding hydrogens is 462 g/mol. The minimum absolute atomic E-state index is 0.160. The Balaban J connectivity index is 1.37. The van der Waals surface area contributed by atoms with Gasteiger partial charge in [0.15, 0.2) is 11.5 Å². The lowest BCUT2D eigenvalue weighted by atomic mass is 9.95. The number of halogens is 3. The van der Waals surface area contributed by atoms with Crippen molar-refractivity contribution in [1.29, 1.82) is 0 Å². The number of fused-ring (bicyclic) bond motifs is 1. The van der Waals surface area contributed by atoms with E-state index in [0.29, 0.717) is 66.9 Å². The van der Waals surface area contributed by atoms with Crippen LogP contribution in [0.2, 0.25) is 0 Å². The van der Waals surface area contributed by atoms with Crippen LogP contribution in [0.3, 0.4) is 0 Å². The smallest absolute Gasteiger partial charge is 0.256 e. The monoisotopic (exact) mass is 480 g/mol. The Morgan fingerprint density at radius 1 is 1.03 bits per heavy atom. The molecule has 1 fully saturated rings. The van der Waals surface area contributed by atoms with E-state index in [-0.39, 0.29) is 17.4 Å². The first-order chi connectivity index (χ1) is 14.4. The topological polar surface area (TPSA) is 67.9 Å². The fourth-order valence-corrected chi connectivity index (χ4v) is 3.99. The number of carbonyl (C=O) groups excluding carboxylic acids is 2. The normalized spacial score (nSPS) is 16.3. The van der Waals surface area contributed by atoms with Crippen LogP contribution >= 0.6 is 15.9 Å². The SMILES string of the molecule is O=C(Nc1cc2c(cc1Br)OCCO2)C1CCN(C(=O)c2ccc(F)cc2F)CC1. The number of nitrogens with one attached hydrogen (secondary N) is 1. The number of nitrogens with zero attached hydrogens (tertiary/aromatic N) is 1. The predicted molar refractivity (Wildman–Crippen MR) is 109 cm³/mol. The van der Waals surface area contributed by atoms with Gasteiger partial charge in [0.2, 0.25) is 5.91 Å². The molecule has 2 amide bonds. The van der Waals surface area contributed by atoms with Crippen molar-refractivity contribution in [3.63, 3.8) is 0 Å². The molecule has 0 radical (unpaired) electrons. The summed E-state index contributed by atoms with van der Waals surface area (Å²) in [5, 5.41) is 2.89. The first kappa shape index (κ1) is 20.6. The molecule has 2 aromatic rings. The van der Waals surface area contributed by atoms with E-state index in [9.17, 15) is 18.4 Å². The number of ether oxygens (including phenoxy) is 2. The van der Waals surface area contributed by atoms with Crippen LogP contribution in [-0.2, 0) is 4.79 Å². The van der Waals surface area contributed by atoms with E-state index in [2.05, 4.69) is 21.2 Å². The molecule has 4 rings (SSSR count). The lowest BCUT2D eigenvalue weighted by Crippen LogP contribution is -2.41. The highest BCUT2D eigenvalue weighted by molar-refractivity contribution is 9.10. The van der Waals surface area contributed by atoms with Crippen molar-refractivity contribution in [1.82, 2.24) is 4.90 Å². The van der Waals surface area contributed by atoms with E-state index >= 15 is 0 Å². The Labute approximate surface area is 180 Å². The molecule has 0 atom stereocenters. The first-order valence-electron chi connectivity index (χ1n) is 9.56. The van der Waals surface area contributed by atoms with Crippen LogP contribution in [0, 0.1) is 17.6 Å². The van der Waals surface area contributed by atoms with Crippen LogP contribution in [0.25, 0.3) is 0 Å². The third-order valence-electron chi connectivity index (χ3n) is 5.20. The van der Waals surface area contributed by atoms with Crippen molar-refractivity contribution in [3.8, 4) is 11.5 Å². The molecule has 2 aliphatic rings. The van der Waals surface area contributed by atoms with Gasteiger partial charge in [-0.2, -0.15) is 0 Å². The summed E-state index contributed by atoms with van der Waals surface area (Å²) in [5.41, 5.74) is 0.413. The number of hydrogen-bond donors (Lipinski definition) is 1. The van der Waals surface area contributed by atoms with E-state index in [1.807, 2.05) is 0 Å². The van der Waals surface area contributed by atoms with Crippen LogP contribution in [0.5, 0.6) is 11.5 Å². The van der Waals surface area contributed by atoms with E-state index in [1.54, 1.807) is 12.1 Å². The highest BCUT2D eigenvalue weighted by Gasteiger charge is 2.29. The van der Waals surface area contributed by atoms with Crippen molar-refractivity contribution < 1.29 is 27.8 Å². The molecule has 0 aromatic heterocycles. The number of anilines is 1. The van der Waals surface area contributed by atoms with Crippen molar-refractivity contribution in [2.24, 2.45) is 5.92 Å². The average molecular weight is 481 g/mol. The van der Waals surface area contributed by atoms with Gasteiger partial charge >= 0.3 is 0 Å². The second kappa shape index (κ2) is 8.59. The van der Waals surface area contributed by atoms with Crippen LogP contribution in [0.1, 0.15) is 23.2 Å². The summed E-state index contributed by atoms with van der Waals surface area (Å²) in [6, 6.07) is 6.36. The molecule has 2 aliphatic heterocycles. The highest BCUT2D eigenvalue weighted by atomic mass is 79.9. The first-order valence-corrected chi connectivity index (χ1v) is 10.4. The van der Waals surface area contributed by atoms with Crippen molar-refractivity contribution in [2.45, 2.75) is 12.8 Å². The maximum Gasteiger partial charge on any atom is 0.256 e. The standard InChI is InChI=1S/C21H19BrF2N2O4/c22-15-10-18-19(30-8-7-29-18)11-17(15)25-20(27)12-3-5-26(6-4-12)21(28)14-2-1-13(23)9-16(14)24/h1-2,9-12H,3-8H2,(H,25,27). The molecule has 30 heavy (non-hydrogen) atoms. The Morgan fingerprint density at radius 2 is 1.70 bits per heavy atom. The van der Waals surface area contributed by atoms with Crippen LogP contribution in [0.4, 0.5) is 14.5 Å². The second-order valence-electron chi connectivity index (χ2n) is 7.16. The number of likely N-dealkylation sites (tertiary alicyclic amines) is 1. The zero-order valence-corrected chi connectivity index (χ0v) is 17.5. The summed E-state index contributed by atoms with van der Waals surface area (Å²) in [6.45, 7) is 1.56. The van der Waals surface area contributed by atoms with Gasteiger partial charge in [-0.1, -0.05) is 0 Å². The lowest BCUT2D eigenvalue weighted by molar-refractivity contribution is -0.121. The molecule has 1 saturated heterocycles. The fourth-order valence-electron chi connectivity index (χ4n) is 3.57. The van der Waals surface area contributed by atoms with Crippen LogP contribution in [-0.4, -0.2) is 43.0 Å².